The molecule has 22 nitrogen and oxygen atoms in total. The van der Waals surface area contributed by atoms with Crippen LogP contribution in [0.5, 0.6) is 0 Å². The number of aliphatic carboxylic acids is 2. The van der Waals surface area contributed by atoms with Crippen molar-refractivity contribution < 1.29 is 48.6 Å². The van der Waals surface area contributed by atoms with Gasteiger partial charge in [0, 0.05) is 29.8 Å². The van der Waals surface area contributed by atoms with E-state index < -0.39 is 114 Å². The number of H-pyrrole nitrogens is 1. The number of imidazole rings is 1. The van der Waals surface area contributed by atoms with Crippen LogP contribution >= 0.6 is 11.8 Å². The second-order valence-corrected chi connectivity index (χ2v) is 14.9. The molecule has 23 heteroatoms. The zero-order valence-electron chi connectivity index (χ0n) is 31.8. The summed E-state index contributed by atoms with van der Waals surface area (Å²) in [5.41, 5.74) is 17.2. The Morgan fingerprint density at radius 2 is 1.62 bits per heavy atom. The fraction of sp³-hybridized carbons (Fsp3) is 0.667. The van der Waals surface area contributed by atoms with Gasteiger partial charge in [-0.3, -0.25) is 38.9 Å². The average Bonchev–Trinajstić information content (AvgIpc) is 3.64. The summed E-state index contributed by atoms with van der Waals surface area (Å²) in [6, 6.07) is -9.23. The molecule has 1 fully saturated rings. The lowest BCUT2D eigenvalue weighted by molar-refractivity contribution is -0.141. The standard InChI is InChI=1S/C33H56N12O10S/c1-5-16(4)25-31(53)41-20(9-17-11-37-14-39-17)28(50)43-22(32(54)55)13-56-12-21(29(51)45-25)42-30(52)24(15(2)3)44-27(49)19(7-6-8-38-33(35)36)40-26(48)18(34)10-23(46)47/h11,14-16,18-22,24-25,33,38H,5-10,12-13,34-36H2,1-4H3,(H,37,39)(H,40,48)(H,41,53)(H,42,52)(H,43,50)(H,44,49)(H,45,51)(H,46,47)(H,54,55). The summed E-state index contributed by atoms with van der Waals surface area (Å²) < 4.78 is 0. The van der Waals surface area contributed by atoms with Crippen LogP contribution < -0.4 is 54.4 Å². The molecule has 0 radical (unpaired) electrons. The number of carbonyl (C=O) groups is 8. The van der Waals surface area contributed by atoms with Crippen molar-refractivity contribution in [2.75, 3.05) is 18.1 Å². The highest BCUT2D eigenvalue weighted by Gasteiger charge is 2.37. The molecule has 314 valence electrons. The first kappa shape index (κ1) is 47.3. The zero-order chi connectivity index (χ0) is 42.1. The Kier molecular flexibility index (Phi) is 19.7. The Morgan fingerprint density at radius 1 is 0.929 bits per heavy atom. The molecule has 56 heavy (non-hydrogen) atoms. The Labute approximate surface area is 328 Å². The molecule has 1 aliphatic heterocycles. The number of carboxylic acids is 2. The van der Waals surface area contributed by atoms with E-state index in [-0.39, 0.29) is 37.3 Å². The van der Waals surface area contributed by atoms with E-state index in [9.17, 15) is 43.5 Å². The van der Waals surface area contributed by atoms with Crippen molar-refractivity contribution in [3.63, 3.8) is 0 Å². The summed E-state index contributed by atoms with van der Waals surface area (Å²) in [7, 11) is 0. The molecular formula is C33H56N12O10S. The molecule has 1 aromatic rings. The Morgan fingerprint density at radius 3 is 2.20 bits per heavy atom. The molecule has 2 heterocycles. The fourth-order valence-corrected chi connectivity index (χ4v) is 6.50. The van der Waals surface area contributed by atoms with Crippen LogP contribution in [0.3, 0.4) is 0 Å². The van der Waals surface area contributed by atoms with Gasteiger partial charge in [0.15, 0.2) is 0 Å². The summed E-state index contributed by atoms with van der Waals surface area (Å²) >= 11 is 0.950. The van der Waals surface area contributed by atoms with Gasteiger partial charge < -0.3 is 64.3 Å². The lowest BCUT2D eigenvalue weighted by Crippen LogP contribution is -2.61. The number of nitrogens with two attached hydrogens (primary N) is 3. The van der Waals surface area contributed by atoms with E-state index in [1.165, 1.54) is 12.5 Å². The third-order valence-corrected chi connectivity index (χ3v) is 10.0. The van der Waals surface area contributed by atoms with Crippen LogP contribution in [0.4, 0.5) is 0 Å². The minimum atomic E-state index is -1.47. The van der Waals surface area contributed by atoms with Crippen LogP contribution in [0.2, 0.25) is 0 Å². The molecule has 8 atom stereocenters. The monoisotopic (exact) mass is 812 g/mol. The number of hydrogen-bond donors (Lipinski definition) is 13. The maximum Gasteiger partial charge on any atom is 0.327 e. The molecule has 8 unspecified atom stereocenters. The number of aromatic nitrogens is 2. The third kappa shape index (κ3) is 15.7. The number of carbonyl (C=O) groups excluding carboxylic acids is 6. The quantitative estimate of drug-likeness (QED) is 0.0465. The van der Waals surface area contributed by atoms with Crippen molar-refractivity contribution in [3.05, 3.63) is 18.2 Å². The largest absolute Gasteiger partial charge is 0.481 e. The number of nitrogens with zero attached hydrogens (tertiary/aromatic N) is 1. The molecule has 0 aromatic carbocycles. The first-order valence-corrected chi connectivity index (χ1v) is 19.3. The number of hydrogen-bond acceptors (Lipinski definition) is 14. The number of carboxylic acid groups (broad SMARTS) is 2. The molecule has 0 saturated carbocycles. The molecule has 1 aromatic heterocycles. The summed E-state index contributed by atoms with van der Waals surface area (Å²) in [5.74, 6) is -8.95. The lowest BCUT2D eigenvalue weighted by atomic mass is 9.97. The fourth-order valence-electron chi connectivity index (χ4n) is 5.43. The van der Waals surface area contributed by atoms with Gasteiger partial charge in [-0.1, -0.05) is 34.1 Å². The lowest BCUT2D eigenvalue weighted by Gasteiger charge is -2.29. The molecule has 6 amide bonds. The first-order valence-electron chi connectivity index (χ1n) is 18.2. The van der Waals surface area contributed by atoms with Crippen molar-refractivity contribution in [2.24, 2.45) is 29.0 Å². The normalized spacial score (nSPS) is 21.8. The highest BCUT2D eigenvalue weighted by Crippen LogP contribution is 2.14. The van der Waals surface area contributed by atoms with E-state index in [4.69, 9.17) is 22.3 Å². The van der Waals surface area contributed by atoms with Gasteiger partial charge in [-0.25, -0.2) is 9.78 Å². The summed E-state index contributed by atoms with van der Waals surface area (Å²) in [6.07, 6.45) is 1.93. The summed E-state index contributed by atoms with van der Waals surface area (Å²) in [5, 5.41) is 37.1. The summed E-state index contributed by atoms with van der Waals surface area (Å²) in [4.78, 5) is 111. The van der Waals surface area contributed by atoms with Gasteiger partial charge in [-0.2, -0.15) is 11.8 Å². The van der Waals surface area contributed by atoms with Crippen LogP contribution in [0.1, 0.15) is 59.1 Å². The SMILES string of the molecule is CCC(C)C1NC(=O)C(NC(=O)C(NC(=O)C(CCCNC(N)N)NC(=O)C(N)CC(=O)O)C(C)C)CSCC(C(=O)O)NC(=O)C(Cc2cnc[nH]2)NC1=O. The van der Waals surface area contributed by atoms with Crippen molar-refractivity contribution in [1.29, 1.82) is 0 Å². The van der Waals surface area contributed by atoms with Gasteiger partial charge >= 0.3 is 11.9 Å². The second-order valence-electron chi connectivity index (χ2n) is 13.8. The van der Waals surface area contributed by atoms with Crippen LogP contribution in [-0.2, 0) is 44.8 Å². The van der Waals surface area contributed by atoms with Crippen LogP contribution in [-0.4, -0.2) is 134 Å². The number of amides is 6. The van der Waals surface area contributed by atoms with Crippen LogP contribution in [0, 0.1) is 11.8 Å². The molecule has 0 bridgehead atoms. The highest BCUT2D eigenvalue weighted by molar-refractivity contribution is 7.99. The first-order chi connectivity index (χ1) is 26.3. The van der Waals surface area contributed by atoms with Gasteiger partial charge in [-0.15, -0.1) is 0 Å². The number of nitrogens with one attached hydrogen (secondary N) is 8. The predicted octanol–water partition coefficient (Wildman–Crippen LogP) is -4.23. The average molecular weight is 813 g/mol. The number of rotatable bonds is 19. The van der Waals surface area contributed by atoms with Gasteiger partial charge in [0.1, 0.15) is 42.5 Å². The molecule has 2 rings (SSSR count). The van der Waals surface area contributed by atoms with E-state index >= 15 is 0 Å². The molecular weight excluding hydrogens is 757 g/mol. The minimum absolute atomic E-state index is 0.00822. The molecule has 1 saturated heterocycles. The molecule has 16 N–H and O–H groups in total. The van der Waals surface area contributed by atoms with E-state index in [0.29, 0.717) is 12.1 Å². The van der Waals surface area contributed by atoms with E-state index in [0.717, 1.165) is 11.8 Å². The van der Waals surface area contributed by atoms with Crippen LogP contribution in [0.25, 0.3) is 0 Å². The predicted molar refractivity (Wildman–Crippen MR) is 203 cm³/mol. The maximum atomic E-state index is 13.9. The van der Waals surface area contributed by atoms with Crippen LogP contribution in [0.15, 0.2) is 12.5 Å². The van der Waals surface area contributed by atoms with E-state index in [2.05, 4.69) is 47.2 Å². The van der Waals surface area contributed by atoms with Crippen molar-refractivity contribution in [1.82, 2.24) is 47.2 Å². The zero-order valence-corrected chi connectivity index (χ0v) is 32.6. The molecule has 1 aliphatic rings. The smallest absolute Gasteiger partial charge is 0.327 e. The van der Waals surface area contributed by atoms with Gasteiger partial charge in [0.2, 0.25) is 35.4 Å². The minimum Gasteiger partial charge on any atom is -0.481 e. The van der Waals surface area contributed by atoms with Gasteiger partial charge in [-0.05, 0) is 31.2 Å². The van der Waals surface area contributed by atoms with Gasteiger partial charge in [0.05, 0.1) is 18.8 Å². The summed E-state index contributed by atoms with van der Waals surface area (Å²) in [6.45, 7) is 6.99. The molecule has 0 aliphatic carbocycles. The topological polar surface area (TPSA) is 368 Å². The second kappa shape index (κ2) is 23.3. The Balaban J connectivity index is 2.37. The van der Waals surface area contributed by atoms with E-state index in [1.807, 2.05) is 0 Å². The third-order valence-electron chi connectivity index (χ3n) is 8.88. The highest BCUT2D eigenvalue weighted by atomic mass is 32.2. The Hall–Kier alpha value is -4.84. The van der Waals surface area contributed by atoms with Crippen molar-refractivity contribution in [3.8, 4) is 0 Å². The van der Waals surface area contributed by atoms with Gasteiger partial charge in [0.25, 0.3) is 0 Å². The molecule has 0 spiro atoms. The van der Waals surface area contributed by atoms with Crippen molar-refractivity contribution in [2.45, 2.75) is 108 Å². The maximum absolute atomic E-state index is 13.9. The van der Waals surface area contributed by atoms with E-state index in [1.54, 1.807) is 27.7 Å². The number of thioether (sulfide) groups is 1. The number of aromatic amines is 1. The van der Waals surface area contributed by atoms with Crippen molar-refractivity contribution >= 4 is 59.1 Å². The Bertz CT molecular complexity index is 1510.